The van der Waals surface area contributed by atoms with E-state index in [1.165, 1.54) is 24.8 Å². The Morgan fingerprint density at radius 2 is 1.92 bits per heavy atom. The number of hydrogen-bond acceptors (Lipinski definition) is 5. The molecule has 0 fully saturated rings. The first-order valence-corrected chi connectivity index (χ1v) is 9.49. The highest BCUT2D eigenvalue weighted by Crippen LogP contribution is 2.23. The van der Waals surface area contributed by atoms with Crippen molar-refractivity contribution in [3.05, 3.63) is 65.2 Å². The van der Waals surface area contributed by atoms with E-state index < -0.39 is 16.0 Å². The fourth-order valence-corrected chi connectivity index (χ4v) is 4.27. The van der Waals surface area contributed by atoms with Crippen LogP contribution < -0.4 is 10.0 Å². The summed E-state index contributed by atoms with van der Waals surface area (Å²) in [5.41, 5.74) is 2.34. The molecule has 25 heavy (non-hydrogen) atoms. The molecule has 1 aliphatic rings. The zero-order valence-corrected chi connectivity index (χ0v) is 14.7. The normalized spacial score (nSPS) is 16.9. The highest BCUT2D eigenvalue weighted by molar-refractivity contribution is 7.89. The molecule has 0 radical (unpaired) electrons. The van der Waals surface area contributed by atoms with E-state index in [1.807, 2.05) is 18.2 Å². The molecule has 2 aromatic rings. The number of sulfonamides is 1. The van der Waals surface area contributed by atoms with Crippen molar-refractivity contribution in [3.63, 3.8) is 0 Å². The Hall–Kier alpha value is -2.22. The van der Waals surface area contributed by atoms with Crippen molar-refractivity contribution in [2.24, 2.45) is 0 Å². The first-order valence-electron chi connectivity index (χ1n) is 8.01. The minimum Gasteiger partial charge on any atom is -0.465 e. The summed E-state index contributed by atoms with van der Waals surface area (Å²) in [5.74, 6) is -0.679. The number of benzene rings is 2. The average Bonchev–Trinajstić information content (AvgIpc) is 2.65. The number of esters is 1. The van der Waals surface area contributed by atoms with Gasteiger partial charge in [0.15, 0.2) is 0 Å². The van der Waals surface area contributed by atoms with Crippen LogP contribution in [0.3, 0.4) is 0 Å². The zero-order valence-electron chi connectivity index (χ0n) is 13.9. The van der Waals surface area contributed by atoms with E-state index in [0.717, 1.165) is 18.5 Å². The lowest BCUT2D eigenvalue weighted by atomic mass is 9.95. The van der Waals surface area contributed by atoms with Crippen LogP contribution in [0.1, 0.15) is 27.5 Å². The van der Waals surface area contributed by atoms with Crippen LogP contribution >= 0.6 is 0 Å². The standard InChI is InChI=1S/C18H20N2O4S/c1-24-18(21)15-8-4-5-9-17(15)25(22,23)20-12-16-14-7-3-2-6-13(14)10-11-19-16/h2-9,16,19-20H,10-12H2,1H3. The summed E-state index contributed by atoms with van der Waals surface area (Å²) in [7, 11) is -2.61. The first-order chi connectivity index (χ1) is 12.0. The van der Waals surface area contributed by atoms with Crippen LogP contribution in [-0.4, -0.2) is 34.6 Å². The number of fused-ring (bicyclic) bond motifs is 1. The van der Waals surface area contributed by atoms with Gasteiger partial charge in [0.2, 0.25) is 10.0 Å². The van der Waals surface area contributed by atoms with Gasteiger partial charge in [-0.05, 0) is 36.2 Å². The summed E-state index contributed by atoms with van der Waals surface area (Å²) in [4.78, 5) is 11.7. The van der Waals surface area contributed by atoms with Crippen LogP contribution in [0.2, 0.25) is 0 Å². The van der Waals surface area contributed by atoms with Gasteiger partial charge in [0.05, 0.1) is 17.6 Å². The van der Waals surface area contributed by atoms with Crippen molar-refractivity contribution in [2.75, 3.05) is 20.2 Å². The van der Waals surface area contributed by atoms with Gasteiger partial charge in [0.1, 0.15) is 0 Å². The maximum Gasteiger partial charge on any atom is 0.339 e. The number of rotatable bonds is 5. The number of carbonyl (C=O) groups is 1. The average molecular weight is 360 g/mol. The van der Waals surface area contributed by atoms with Crippen molar-refractivity contribution in [3.8, 4) is 0 Å². The summed E-state index contributed by atoms with van der Waals surface area (Å²) in [6.07, 6.45) is 0.921. The molecular formula is C18H20N2O4S. The van der Waals surface area contributed by atoms with Crippen LogP contribution in [0, 0.1) is 0 Å². The third kappa shape index (κ3) is 3.73. The highest BCUT2D eigenvalue weighted by Gasteiger charge is 2.25. The molecule has 0 aromatic heterocycles. The predicted octanol–water partition coefficient (Wildman–Crippen LogP) is 1.64. The van der Waals surface area contributed by atoms with Crippen LogP contribution in [0.15, 0.2) is 53.4 Å². The van der Waals surface area contributed by atoms with Crippen molar-refractivity contribution in [2.45, 2.75) is 17.4 Å². The van der Waals surface area contributed by atoms with Gasteiger partial charge in [-0.1, -0.05) is 36.4 Å². The van der Waals surface area contributed by atoms with E-state index in [4.69, 9.17) is 0 Å². The molecule has 0 saturated heterocycles. The Morgan fingerprint density at radius 3 is 2.72 bits per heavy atom. The van der Waals surface area contributed by atoms with Gasteiger partial charge in [-0.25, -0.2) is 17.9 Å². The number of ether oxygens (including phenoxy) is 1. The van der Waals surface area contributed by atoms with Crippen LogP contribution in [0.5, 0.6) is 0 Å². The molecule has 7 heteroatoms. The Morgan fingerprint density at radius 1 is 1.20 bits per heavy atom. The van der Waals surface area contributed by atoms with Gasteiger partial charge in [0.25, 0.3) is 0 Å². The molecule has 0 bridgehead atoms. The largest absolute Gasteiger partial charge is 0.465 e. The third-order valence-electron chi connectivity index (χ3n) is 4.27. The van der Waals surface area contributed by atoms with Gasteiger partial charge in [-0.15, -0.1) is 0 Å². The lowest BCUT2D eigenvalue weighted by molar-refractivity contribution is 0.0596. The van der Waals surface area contributed by atoms with Crippen molar-refractivity contribution in [1.82, 2.24) is 10.0 Å². The van der Waals surface area contributed by atoms with E-state index >= 15 is 0 Å². The molecule has 0 aliphatic carbocycles. The Kier molecular flexibility index (Phi) is 5.17. The number of carbonyl (C=O) groups excluding carboxylic acids is 1. The third-order valence-corrected chi connectivity index (χ3v) is 5.76. The predicted molar refractivity (Wildman–Crippen MR) is 93.9 cm³/mol. The zero-order chi connectivity index (χ0) is 17.9. The second kappa shape index (κ2) is 7.35. The fraction of sp³-hybridized carbons (Fsp3) is 0.278. The van der Waals surface area contributed by atoms with Crippen LogP contribution in [0.4, 0.5) is 0 Å². The van der Waals surface area contributed by atoms with E-state index in [-0.39, 0.29) is 23.0 Å². The summed E-state index contributed by atoms with van der Waals surface area (Å²) >= 11 is 0. The monoisotopic (exact) mass is 360 g/mol. The van der Waals surface area contributed by atoms with Gasteiger partial charge in [-0.2, -0.15) is 0 Å². The molecule has 1 unspecified atom stereocenters. The van der Waals surface area contributed by atoms with E-state index in [1.54, 1.807) is 12.1 Å². The number of nitrogens with one attached hydrogen (secondary N) is 2. The SMILES string of the molecule is COC(=O)c1ccccc1S(=O)(=O)NCC1NCCc2ccccc21. The van der Waals surface area contributed by atoms with E-state index in [9.17, 15) is 13.2 Å². The maximum atomic E-state index is 12.7. The lowest BCUT2D eigenvalue weighted by Gasteiger charge is -2.27. The van der Waals surface area contributed by atoms with Gasteiger partial charge in [0, 0.05) is 12.6 Å². The Labute approximate surface area is 147 Å². The molecule has 0 saturated carbocycles. The summed E-state index contributed by atoms with van der Waals surface area (Å²) in [6.45, 7) is 0.997. The van der Waals surface area contributed by atoms with Gasteiger partial charge in [-0.3, -0.25) is 0 Å². The van der Waals surface area contributed by atoms with Crippen molar-refractivity contribution < 1.29 is 17.9 Å². The molecular weight excluding hydrogens is 340 g/mol. The second-order valence-corrected chi connectivity index (χ2v) is 7.53. The highest BCUT2D eigenvalue weighted by atomic mass is 32.2. The fourth-order valence-electron chi connectivity index (χ4n) is 3.03. The Bertz CT molecular complexity index is 880. The molecule has 0 amide bonds. The van der Waals surface area contributed by atoms with Crippen LogP contribution in [-0.2, 0) is 21.2 Å². The summed E-state index contributed by atoms with van der Waals surface area (Å²) in [5, 5.41) is 3.33. The Balaban J connectivity index is 1.81. The van der Waals surface area contributed by atoms with Crippen molar-refractivity contribution in [1.29, 1.82) is 0 Å². The molecule has 1 aliphatic heterocycles. The second-order valence-electron chi connectivity index (χ2n) is 5.80. The minimum absolute atomic E-state index is 0.0227. The molecule has 6 nitrogen and oxygen atoms in total. The smallest absolute Gasteiger partial charge is 0.339 e. The quantitative estimate of drug-likeness (QED) is 0.792. The topological polar surface area (TPSA) is 84.5 Å². The molecule has 2 N–H and O–H groups in total. The minimum atomic E-state index is -3.84. The van der Waals surface area contributed by atoms with Crippen LogP contribution in [0.25, 0.3) is 0 Å². The number of methoxy groups -OCH3 is 1. The molecule has 132 valence electrons. The number of hydrogen-bond donors (Lipinski definition) is 2. The molecule has 2 aromatic carbocycles. The van der Waals surface area contributed by atoms with E-state index in [2.05, 4.69) is 20.8 Å². The van der Waals surface area contributed by atoms with Gasteiger partial charge >= 0.3 is 5.97 Å². The summed E-state index contributed by atoms with van der Waals surface area (Å²) in [6, 6.07) is 13.9. The van der Waals surface area contributed by atoms with Crippen molar-refractivity contribution >= 4 is 16.0 Å². The van der Waals surface area contributed by atoms with Gasteiger partial charge < -0.3 is 10.1 Å². The molecule has 3 rings (SSSR count). The molecule has 1 heterocycles. The molecule has 0 spiro atoms. The molecule has 1 atom stereocenters. The maximum absolute atomic E-state index is 12.7. The first kappa shape index (κ1) is 17.6. The lowest BCUT2D eigenvalue weighted by Crippen LogP contribution is -2.39. The summed E-state index contributed by atoms with van der Waals surface area (Å²) < 4.78 is 32.6. The van der Waals surface area contributed by atoms with E-state index in [0.29, 0.717) is 0 Å².